The normalized spacial score (nSPS) is 24.9. The van der Waals surface area contributed by atoms with Crippen LogP contribution in [0.4, 0.5) is 0 Å². The van der Waals surface area contributed by atoms with Gasteiger partial charge in [-0.2, -0.15) is 0 Å². The Morgan fingerprint density at radius 1 is 1.28 bits per heavy atom. The van der Waals surface area contributed by atoms with Gasteiger partial charge in [0.15, 0.2) is 0 Å². The van der Waals surface area contributed by atoms with Gasteiger partial charge in [-0.15, -0.1) is 0 Å². The van der Waals surface area contributed by atoms with Crippen LogP contribution >= 0.6 is 0 Å². The van der Waals surface area contributed by atoms with Gasteiger partial charge in [-0.3, -0.25) is 4.79 Å². The van der Waals surface area contributed by atoms with Gasteiger partial charge in [0.1, 0.15) is 0 Å². The van der Waals surface area contributed by atoms with Gasteiger partial charge in [-0.25, -0.2) is 0 Å². The molecule has 2 saturated heterocycles. The molecule has 2 heterocycles. The molecule has 3 rings (SSSR count). The van der Waals surface area contributed by atoms with Gasteiger partial charge >= 0.3 is 0 Å². The highest BCUT2D eigenvalue weighted by Crippen LogP contribution is 2.38. The molecule has 1 amide bonds. The molecule has 1 N–H and O–H groups in total. The van der Waals surface area contributed by atoms with E-state index in [4.69, 9.17) is 4.74 Å². The van der Waals surface area contributed by atoms with Crippen LogP contribution in [0.2, 0.25) is 0 Å². The van der Waals surface area contributed by atoms with E-state index in [0.29, 0.717) is 12.8 Å². The van der Waals surface area contributed by atoms with Crippen molar-refractivity contribution in [3.63, 3.8) is 0 Å². The molecular weight excluding hydrogens is 314 g/mol. The van der Waals surface area contributed by atoms with E-state index in [9.17, 15) is 9.90 Å². The fraction of sp³-hybridized carbons (Fsp3) is 0.667. The monoisotopic (exact) mass is 345 g/mol. The Balaban J connectivity index is 1.50. The van der Waals surface area contributed by atoms with Crippen LogP contribution in [0.5, 0.6) is 0 Å². The highest BCUT2D eigenvalue weighted by Gasteiger charge is 2.42. The standard InChI is InChI=1S/C21H31NO3/c1-20(2,3)17-6-4-16(5-7-17)18(23)8-9-19(24)22-12-10-21(14-22)11-13-25-15-21/h4-7,18,23H,8-15H2,1-3H3/t18-,21-/m1/s1. The summed E-state index contributed by atoms with van der Waals surface area (Å²) >= 11 is 0. The van der Waals surface area contributed by atoms with E-state index >= 15 is 0 Å². The largest absolute Gasteiger partial charge is 0.388 e. The zero-order chi connectivity index (χ0) is 18.1. The molecule has 0 unspecified atom stereocenters. The molecule has 1 aromatic rings. The lowest BCUT2D eigenvalue weighted by Gasteiger charge is -2.22. The molecule has 25 heavy (non-hydrogen) atoms. The lowest BCUT2D eigenvalue weighted by molar-refractivity contribution is -0.131. The second kappa shape index (κ2) is 7.08. The number of hydrogen-bond donors (Lipinski definition) is 1. The van der Waals surface area contributed by atoms with Crippen molar-refractivity contribution >= 4 is 5.91 Å². The van der Waals surface area contributed by atoms with Gasteiger partial charge in [0.2, 0.25) is 5.91 Å². The molecule has 1 aromatic carbocycles. The third-order valence-electron chi connectivity index (χ3n) is 5.77. The summed E-state index contributed by atoms with van der Waals surface area (Å²) in [7, 11) is 0. The highest BCUT2D eigenvalue weighted by atomic mass is 16.5. The molecule has 0 bridgehead atoms. The number of aliphatic hydroxyl groups excluding tert-OH is 1. The van der Waals surface area contributed by atoms with Gasteiger partial charge in [-0.05, 0) is 35.8 Å². The topological polar surface area (TPSA) is 49.8 Å². The summed E-state index contributed by atoms with van der Waals surface area (Å²) in [6, 6.07) is 8.11. The van der Waals surface area contributed by atoms with Gasteiger partial charge in [0.05, 0.1) is 12.7 Å². The number of hydrogen-bond acceptors (Lipinski definition) is 3. The lowest BCUT2D eigenvalue weighted by Crippen LogP contribution is -2.32. The maximum Gasteiger partial charge on any atom is 0.222 e. The van der Waals surface area contributed by atoms with E-state index in [1.807, 2.05) is 17.0 Å². The molecular formula is C21H31NO3. The average molecular weight is 345 g/mol. The Morgan fingerprint density at radius 2 is 2.00 bits per heavy atom. The van der Waals surface area contributed by atoms with Crippen LogP contribution in [-0.4, -0.2) is 42.2 Å². The fourth-order valence-electron chi connectivity index (χ4n) is 3.91. The van der Waals surface area contributed by atoms with Gasteiger partial charge in [0, 0.05) is 31.5 Å². The van der Waals surface area contributed by atoms with Gasteiger partial charge < -0.3 is 14.7 Å². The molecule has 0 radical (unpaired) electrons. The minimum Gasteiger partial charge on any atom is -0.388 e. The van der Waals surface area contributed by atoms with E-state index < -0.39 is 6.10 Å². The zero-order valence-corrected chi connectivity index (χ0v) is 15.8. The lowest BCUT2D eigenvalue weighted by atomic mass is 9.86. The molecule has 2 aliphatic heterocycles. The maximum atomic E-state index is 12.5. The van der Waals surface area contributed by atoms with Crippen molar-refractivity contribution in [3.8, 4) is 0 Å². The molecule has 4 nitrogen and oxygen atoms in total. The van der Waals surface area contributed by atoms with E-state index in [1.54, 1.807) is 0 Å². The Morgan fingerprint density at radius 3 is 2.60 bits per heavy atom. The fourth-order valence-corrected chi connectivity index (χ4v) is 3.91. The number of benzene rings is 1. The summed E-state index contributed by atoms with van der Waals surface area (Å²) in [6.07, 6.45) is 2.42. The second-order valence-corrected chi connectivity index (χ2v) is 8.79. The first kappa shape index (κ1) is 18.4. The summed E-state index contributed by atoms with van der Waals surface area (Å²) in [6.45, 7) is 9.80. The smallest absolute Gasteiger partial charge is 0.222 e. The predicted octanol–water partition coefficient (Wildman–Crippen LogP) is 3.44. The molecule has 1 spiro atoms. The first-order valence-electron chi connectivity index (χ1n) is 9.43. The number of amides is 1. The number of ether oxygens (including phenoxy) is 1. The van der Waals surface area contributed by atoms with Gasteiger partial charge in [0.25, 0.3) is 0 Å². The molecule has 0 aliphatic carbocycles. The first-order valence-corrected chi connectivity index (χ1v) is 9.43. The summed E-state index contributed by atoms with van der Waals surface area (Å²) in [5.74, 6) is 0.161. The Bertz CT molecular complexity index is 597. The third kappa shape index (κ3) is 4.24. The summed E-state index contributed by atoms with van der Waals surface area (Å²) in [4.78, 5) is 14.4. The second-order valence-electron chi connectivity index (χ2n) is 8.79. The zero-order valence-electron chi connectivity index (χ0n) is 15.8. The van der Waals surface area contributed by atoms with Crippen LogP contribution in [-0.2, 0) is 14.9 Å². The van der Waals surface area contributed by atoms with E-state index in [-0.39, 0.29) is 16.7 Å². The number of likely N-dealkylation sites (tertiary alicyclic amines) is 1. The molecule has 2 aliphatic rings. The van der Waals surface area contributed by atoms with E-state index in [1.165, 1.54) is 5.56 Å². The summed E-state index contributed by atoms with van der Waals surface area (Å²) in [5.41, 5.74) is 2.45. The van der Waals surface area contributed by atoms with Crippen molar-refractivity contribution in [2.45, 2.75) is 58.0 Å². The van der Waals surface area contributed by atoms with Crippen molar-refractivity contribution in [2.75, 3.05) is 26.3 Å². The van der Waals surface area contributed by atoms with Crippen LogP contribution in [0.15, 0.2) is 24.3 Å². The number of rotatable bonds is 4. The number of carbonyl (C=O) groups is 1. The van der Waals surface area contributed by atoms with Crippen LogP contribution in [0.25, 0.3) is 0 Å². The SMILES string of the molecule is CC(C)(C)c1ccc([C@H](O)CCC(=O)N2CC[C@@]3(CCOC3)C2)cc1. The van der Waals surface area contributed by atoms with Crippen molar-refractivity contribution in [2.24, 2.45) is 5.41 Å². The van der Waals surface area contributed by atoms with Crippen LogP contribution in [0, 0.1) is 5.41 Å². The Hall–Kier alpha value is -1.39. The molecule has 138 valence electrons. The molecule has 0 saturated carbocycles. The van der Waals surface area contributed by atoms with Crippen LogP contribution in [0.1, 0.15) is 63.7 Å². The van der Waals surface area contributed by atoms with Crippen molar-refractivity contribution in [3.05, 3.63) is 35.4 Å². The summed E-state index contributed by atoms with van der Waals surface area (Å²) < 4.78 is 5.52. The van der Waals surface area contributed by atoms with Crippen molar-refractivity contribution < 1.29 is 14.6 Å². The Labute approximate surface area is 151 Å². The quantitative estimate of drug-likeness (QED) is 0.909. The predicted molar refractivity (Wildman–Crippen MR) is 98.4 cm³/mol. The minimum absolute atomic E-state index is 0.106. The van der Waals surface area contributed by atoms with Crippen LogP contribution < -0.4 is 0 Å². The summed E-state index contributed by atoms with van der Waals surface area (Å²) in [5, 5.41) is 10.4. The molecule has 4 heteroatoms. The first-order chi connectivity index (χ1) is 11.8. The Kier molecular flexibility index (Phi) is 5.21. The van der Waals surface area contributed by atoms with Crippen molar-refractivity contribution in [1.29, 1.82) is 0 Å². The van der Waals surface area contributed by atoms with E-state index in [2.05, 4.69) is 32.9 Å². The van der Waals surface area contributed by atoms with E-state index in [0.717, 1.165) is 44.7 Å². The molecule has 0 aromatic heterocycles. The average Bonchev–Trinajstić information content (AvgIpc) is 3.22. The molecule has 2 fully saturated rings. The maximum absolute atomic E-state index is 12.5. The number of aliphatic hydroxyl groups is 1. The van der Waals surface area contributed by atoms with Crippen molar-refractivity contribution in [1.82, 2.24) is 4.90 Å². The third-order valence-corrected chi connectivity index (χ3v) is 5.77. The minimum atomic E-state index is -0.579. The molecule has 2 atom stereocenters. The van der Waals surface area contributed by atoms with Crippen LogP contribution in [0.3, 0.4) is 0 Å². The number of nitrogens with zero attached hydrogens (tertiary/aromatic N) is 1. The number of carbonyl (C=O) groups excluding carboxylic acids is 1. The van der Waals surface area contributed by atoms with Gasteiger partial charge in [-0.1, -0.05) is 45.0 Å². The highest BCUT2D eigenvalue weighted by molar-refractivity contribution is 5.76.